The van der Waals surface area contributed by atoms with Crippen LogP contribution in [0.1, 0.15) is 12.5 Å². The second-order valence-electron chi connectivity index (χ2n) is 4.24. The van der Waals surface area contributed by atoms with Crippen LogP contribution >= 0.6 is 23.2 Å². The summed E-state index contributed by atoms with van der Waals surface area (Å²) >= 11 is 11.2. The zero-order valence-corrected chi connectivity index (χ0v) is 13.3. The van der Waals surface area contributed by atoms with Crippen molar-refractivity contribution >= 4 is 35.1 Å². The largest absolute Gasteiger partial charge is 0.481 e. The van der Waals surface area contributed by atoms with E-state index in [1.165, 1.54) is 6.92 Å². The number of hydrogen-bond acceptors (Lipinski definition) is 3. The van der Waals surface area contributed by atoms with Crippen LogP contribution in [0.3, 0.4) is 0 Å². The maximum absolute atomic E-state index is 10.4. The number of esters is 1. The molecule has 0 heterocycles. The first-order valence-electron chi connectivity index (χ1n) is 6.27. The maximum atomic E-state index is 10.4. The van der Waals surface area contributed by atoms with Crippen molar-refractivity contribution in [3.8, 4) is 5.75 Å². The number of hydrogen-bond donors (Lipinski definition) is 1. The fourth-order valence-corrected chi connectivity index (χ4v) is 1.70. The fraction of sp³-hybridized carbons (Fsp3) is 0.125. The van der Waals surface area contributed by atoms with E-state index in [0.29, 0.717) is 15.8 Å². The molecule has 0 unspecified atom stereocenters. The molecule has 4 nitrogen and oxygen atoms in total. The minimum absolute atomic E-state index is 0.0527. The van der Waals surface area contributed by atoms with Crippen LogP contribution in [0.2, 0.25) is 10.0 Å². The van der Waals surface area contributed by atoms with E-state index in [4.69, 9.17) is 33.0 Å². The van der Waals surface area contributed by atoms with Gasteiger partial charge < -0.3 is 9.84 Å². The van der Waals surface area contributed by atoms with Crippen LogP contribution in [-0.2, 0) is 16.0 Å². The van der Waals surface area contributed by atoms with Crippen LogP contribution in [-0.4, -0.2) is 17.0 Å². The number of carbonyl (C=O) groups excluding carboxylic acids is 1. The predicted molar refractivity (Wildman–Crippen MR) is 85.6 cm³/mol. The third-order valence-electron chi connectivity index (χ3n) is 2.34. The Morgan fingerprint density at radius 1 is 0.955 bits per heavy atom. The Morgan fingerprint density at radius 2 is 1.41 bits per heavy atom. The molecule has 6 heteroatoms. The van der Waals surface area contributed by atoms with Gasteiger partial charge in [0, 0.05) is 17.0 Å². The molecule has 22 heavy (non-hydrogen) atoms. The number of halogens is 2. The van der Waals surface area contributed by atoms with Crippen molar-refractivity contribution < 1.29 is 19.4 Å². The van der Waals surface area contributed by atoms with Gasteiger partial charge in [0.2, 0.25) is 0 Å². The van der Waals surface area contributed by atoms with Gasteiger partial charge >= 0.3 is 11.9 Å². The second-order valence-corrected chi connectivity index (χ2v) is 5.12. The Balaban J connectivity index is 0.000000220. The summed E-state index contributed by atoms with van der Waals surface area (Å²) in [6.45, 7) is 1.36. The molecule has 0 atom stereocenters. The monoisotopic (exact) mass is 340 g/mol. The van der Waals surface area contributed by atoms with Gasteiger partial charge in [0.15, 0.2) is 0 Å². The Morgan fingerprint density at radius 3 is 1.82 bits per heavy atom. The third-order valence-corrected chi connectivity index (χ3v) is 2.85. The number of aliphatic carboxylic acids is 1. The highest BCUT2D eigenvalue weighted by Gasteiger charge is 1.98. The van der Waals surface area contributed by atoms with Gasteiger partial charge in [-0.3, -0.25) is 9.59 Å². The molecular formula is C16H14Cl2O4. The SMILES string of the molecule is CC(=O)Oc1ccc(Cl)cc1.O=C(O)Cc1ccc(Cl)cc1. The van der Waals surface area contributed by atoms with Crippen molar-refractivity contribution in [2.24, 2.45) is 0 Å². The van der Waals surface area contributed by atoms with Crippen molar-refractivity contribution in [3.63, 3.8) is 0 Å². The molecule has 0 bridgehead atoms. The minimum atomic E-state index is -0.827. The van der Waals surface area contributed by atoms with Crippen molar-refractivity contribution in [1.82, 2.24) is 0 Å². The van der Waals surface area contributed by atoms with Crippen molar-refractivity contribution in [1.29, 1.82) is 0 Å². The fourth-order valence-electron chi connectivity index (χ4n) is 1.45. The number of benzene rings is 2. The number of rotatable bonds is 3. The molecular weight excluding hydrogens is 327 g/mol. The molecule has 1 N–H and O–H groups in total. The van der Waals surface area contributed by atoms with Gasteiger partial charge in [-0.05, 0) is 42.0 Å². The zero-order valence-electron chi connectivity index (χ0n) is 11.8. The van der Waals surface area contributed by atoms with Gasteiger partial charge in [0.05, 0.1) is 6.42 Å². The molecule has 2 aromatic rings. The first kappa shape index (κ1) is 18.0. The first-order valence-corrected chi connectivity index (χ1v) is 7.02. The van der Waals surface area contributed by atoms with Crippen molar-refractivity contribution in [2.75, 3.05) is 0 Å². The van der Waals surface area contributed by atoms with Crippen molar-refractivity contribution in [2.45, 2.75) is 13.3 Å². The van der Waals surface area contributed by atoms with Gasteiger partial charge in [-0.2, -0.15) is 0 Å². The molecule has 0 aliphatic carbocycles. The Kier molecular flexibility index (Phi) is 7.43. The average molecular weight is 341 g/mol. The highest BCUT2D eigenvalue weighted by molar-refractivity contribution is 6.30. The quantitative estimate of drug-likeness (QED) is 0.670. The lowest BCUT2D eigenvalue weighted by molar-refractivity contribution is -0.136. The lowest BCUT2D eigenvalue weighted by Gasteiger charge is -1.98. The maximum Gasteiger partial charge on any atom is 0.308 e. The second kappa shape index (κ2) is 9.07. The summed E-state index contributed by atoms with van der Waals surface area (Å²) in [4.78, 5) is 20.7. The lowest BCUT2D eigenvalue weighted by atomic mass is 10.2. The molecule has 2 aromatic carbocycles. The number of ether oxygens (including phenoxy) is 1. The molecule has 0 saturated heterocycles. The minimum Gasteiger partial charge on any atom is -0.481 e. The molecule has 0 fully saturated rings. The predicted octanol–water partition coefficient (Wildman–Crippen LogP) is 4.23. The van der Waals surface area contributed by atoms with E-state index in [2.05, 4.69) is 0 Å². The number of carboxylic acid groups (broad SMARTS) is 1. The van der Waals surface area contributed by atoms with Gasteiger partial charge in [0.1, 0.15) is 5.75 Å². The summed E-state index contributed by atoms with van der Waals surface area (Å²) in [6, 6.07) is 13.4. The Labute approximate surface area is 138 Å². The molecule has 0 aromatic heterocycles. The topological polar surface area (TPSA) is 63.6 Å². The summed E-state index contributed by atoms with van der Waals surface area (Å²) < 4.78 is 4.77. The molecule has 0 aliphatic rings. The molecule has 0 aliphatic heterocycles. The third kappa shape index (κ3) is 7.67. The highest BCUT2D eigenvalue weighted by atomic mass is 35.5. The van der Waals surface area contributed by atoms with Crippen molar-refractivity contribution in [3.05, 3.63) is 64.1 Å². The molecule has 0 spiro atoms. The van der Waals surface area contributed by atoms with Gasteiger partial charge in [-0.1, -0.05) is 35.3 Å². The van der Waals surface area contributed by atoms with E-state index in [0.717, 1.165) is 5.56 Å². The Hall–Kier alpha value is -2.04. The van der Waals surface area contributed by atoms with E-state index in [-0.39, 0.29) is 12.4 Å². The lowest BCUT2D eigenvalue weighted by Crippen LogP contribution is -2.00. The van der Waals surface area contributed by atoms with Gasteiger partial charge in [-0.15, -0.1) is 0 Å². The van der Waals surface area contributed by atoms with E-state index in [1.54, 1.807) is 48.5 Å². The van der Waals surface area contributed by atoms with Crippen LogP contribution in [0.15, 0.2) is 48.5 Å². The summed E-state index contributed by atoms with van der Waals surface area (Å²) in [5.41, 5.74) is 0.766. The summed E-state index contributed by atoms with van der Waals surface area (Å²) in [6.07, 6.45) is 0.0527. The molecule has 0 radical (unpaired) electrons. The van der Waals surface area contributed by atoms with Crippen LogP contribution in [0.5, 0.6) is 5.75 Å². The van der Waals surface area contributed by atoms with E-state index in [9.17, 15) is 9.59 Å². The number of carboxylic acids is 1. The van der Waals surface area contributed by atoms with E-state index in [1.807, 2.05) is 0 Å². The molecule has 0 saturated carbocycles. The average Bonchev–Trinajstić information content (AvgIpc) is 2.44. The smallest absolute Gasteiger partial charge is 0.308 e. The van der Waals surface area contributed by atoms with Crippen LogP contribution in [0.4, 0.5) is 0 Å². The number of carbonyl (C=O) groups is 2. The molecule has 2 rings (SSSR count). The highest BCUT2D eigenvalue weighted by Crippen LogP contribution is 2.15. The van der Waals surface area contributed by atoms with Crippen LogP contribution < -0.4 is 4.74 Å². The molecule has 116 valence electrons. The molecule has 0 amide bonds. The van der Waals surface area contributed by atoms with Gasteiger partial charge in [0.25, 0.3) is 0 Å². The zero-order chi connectivity index (χ0) is 16.5. The Bertz CT molecular complexity index is 564. The summed E-state index contributed by atoms with van der Waals surface area (Å²) in [7, 11) is 0. The summed E-state index contributed by atoms with van der Waals surface area (Å²) in [5.74, 6) is -0.637. The summed E-state index contributed by atoms with van der Waals surface area (Å²) in [5, 5.41) is 9.65. The van der Waals surface area contributed by atoms with E-state index >= 15 is 0 Å². The first-order chi connectivity index (χ1) is 10.4. The van der Waals surface area contributed by atoms with Crippen LogP contribution in [0.25, 0.3) is 0 Å². The normalized spacial score (nSPS) is 9.41. The van der Waals surface area contributed by atoms with E-state index < -0.39 is 5.97 Å². The standard InChI is InChI=1S/2C8H7ClO2/c1-6(10)11-8-4-2-7(9)3-5-8;9-7-3-1-6(2-4-7)5-8(10)11/h2-5H,1H3;1-4H,5H2,(H,10,11). The van der Waals surface area contributed by atoms with Gasteiger partial charge in [-0.25, -0.2) is 0 Å². The van der Waals surface area contributed by atoms with Crippen LogP contribution in [0, 0.1) is 0 Å².